The molecule has 0 saturated heterocycles. The van der Waals surface area contributed by atoms with Crippen LogP contribution in [-0.4, -0.2) is 26.3 Å². The lowest BCUT2D eigenvalue weighted by Crippen LogP contribution is -2.37. The second-order valence-corrected chi connectivity index (χ2v) is 14.6. The quantitative estimate of drug-likeness (QED) is 0.296. The van der Waals surface area contributed by atoms with E-state index in [-0.39, 0.29) is 11.5 Å². The van der Waals surface area contributed by atoms with Gasteiger partial charge in [0.15, 0.2) is 0 Å². The summed E-state index contributed by atoms with van der Waals surface area (Å²) in [4.78, 5) is 32.6. The highest BCUT2D eigenvalue weighted by atomic mass is 28.3. The molecule has 0 spiro atoms. The predicted molar refractivity (Wildman–Crippen MR) is 109 cm³/mol. The predicted octanol–water partition coefficient (Wildman–Crippen LogP) is 4.99. The first-order valence-corrected chi connectivity index (χ1v) is 13.3. The highest BCUT2D eigenvalue weighted by Gasteiger charge is 2.31. The molecule has 1 aromatic carbocycles. The first-order chi connectivity index (χ1) is 13.0. The van der Waals surface area contributed by atoms with Gasteiger partial charge in [0.25, 0.3) is 0 Å². The highest BCUT2D eigenvalue weighted by Crippen LogP contribution is 2.38. The molecule has 0 heterocycles. The van der Waals surface area contributed by atoms with Crippen molar-refractivity contribution in [2.75, 3.05) is 0 Å². The fourth-order valence-corrected chi connectivity index (χ4v) is 4.60. The summed E-state index contributed by atoms with van der Waals surface area (Å²) in [6.45, 7) is 13.4. The van der Waals surface area contributed by atoms with Crippen molar-refractivity contribution in [3.8, 4) is 0 Å². The summed E-state index contributed by atoms with van der Waals surface area (Å²) in [5.74, 6) is -0.117. The third-order valence-electron chi connectivity index (χ3n) is 5.36. The van der Waals surface area contributed by atoms with Gasteiger partial charge in [-0.1, -0.05) is 57.7 Å². The van der Waals surface area contributed by atoms with Crippen LogP contribution < -0.4 is 5.19 Å². The van der Waals surface area contributed by atoms with Gasteiger partial charge in [-0.05, 0) is 49.1 Å². The molecule has 0 aliphatic heterocycles. The molecule has 7 heteroatoms. The maximum atomic E-state index is 11.9. The fourth-order valence-electron chi connectivity index (χ4n) is 3.43. The van der Waals surface area contributed by atoms with Crippen LogP contribution >= 0.6 is 0 Å². The Morgan fingerprint density at radius 2 is 1.50 bits per heavy atom. The molecule has 1 saturated carbocycles. The van der Waals surface area contributed by atoms with Crippen LogP contribution in [0.25, 0.3) is 0 Å². The maximum Gasteiger partial charge on any atom is 0.543 e. The van der Waals surface area contributed by atoms with Crippen LogP contribution in [0.4, 0.5) is 4.79 Å². The van der Waals surface area contributed by atoms with Gasteiger partial charge in [0.05, 0.1) is 18.7 Å². The van der Waals surface area contributed by atoms with E-state index >= 15 is 0 Å². The Morgan fingerprint density at radius 3 is 2.00 bits per heavy atom. The molecule has 0 atom stereocenters. The average molecular weight is 409 g/mol. The van der Waals surface area contributed by atoms with E-state index in [1.54, 1.807) is 12.1 Å². The minimum absolute atomic E-state index is 0.195. The standard InChI is InChI=1S/C21H32O6Si/c1-21(2,3)16-9-11-17(12-10-16)24-20(23)26-27-25-19(22)15-7-13-18(14-8-15)28(4,5)6/h7-8,13-14,16-17H,9-12H2,1-6H3. The van der Waals surface area contributed by atoms with E-state index in [0.717, 1.165) is 25.7 Å². The van der Waals surface area contributed by atoms with Gasteiger partial charge in [-0.25, -0.2) is 14.5 Å². The Morgan fingerprint density at radius 1 is 0.929 bits per heavy atom. The molecule has 28 heavy (non-hydrogen) atoms. The van der Waals surface area contributed by atoms with Crippen LogP contribution in [0.2, 0.25) is 19.6 Å². The van der Waals surface area contributed by atoms with Crippen LogP contribution in [-0.2, 0) is 19.6 Å². The van der Waals surface area contributed by atoms with Gasteiger partial charge >= 0.3 is 12.1 Å². The number of benzene rings is 1. The lowest BCUT2D eigenvalue weighted by Gasteiger charge is -2.36. The molecule has 6 nitrogen and oxygen atoms in total. The lowest BCUT2D eigenvalue weighted by molar-refractivity contribution is -0.453. The van der Waals surface area contributed by atoms with Crippen molar-refractivity contribution >= 4 is 25.4 Å². The SMILES string of the molecule is CC(C)(C)C1CCC(OC(=O)OOOC(=O)c2ccc([Si](C)(C)C)cc2)CC1. The molecule has 0 N–H and O–H groups in total. The number of carbonyl (C=O) groups is 2. The van der Waals surface area contributed by atoms with E-state index in [2.05, 4.69) is 55.2 Å². The Balaban J connectivity index is 1.70. The number of hydrogen-bond donors (Lipinski definition) is 0. The van der Waals surface area contributed by atoms with Crippen molar-refractivity contribution in [3.05, 3.63) is 29.8 Å². The van der Waals surface area contributed by atoms with Crippen molar-refractivity contribution in [1.82, 2.24) is 0 Å². The highest BCUT2D eigenvalue weighted by molar-refractivity contribution is 6.88. The third-order valence-corrected chi connectivity index (χ3v) is 7.43. The topological polar surface area (TPSA) is 71.1 Å². The summed E-state index contributed by atoms with van der Waals surface area (Å²) in [5, 5.41) is 5.54. The number of ether oxygens (including phenoxy) is 1. The van der Waals surface area contributed by atoms with Crippen LogP contribution in [0, 0.1) is 11.3 Å². The first-order valence-electron chi connectivity index (χ1n) is 9.83. The zero-order chi connectivity index (χ0) is 20.9. The minimum atomic E-state index is -1.44. The smallest absolute Gasteiger partial charge is 0.429 e. The zero-order valence-electron chi connectivity index (χ0n) is 17.7. The van der Waals surface area contributed by atoms with E-state index in [1.165, 1.54) is 5.19 Å². The van der Waals surface area contributed by atoms with E-state index in [4.69, 9.17) is 4.74 Å². The first kappa shape index (κ1) is 22.4. The Hall–Kier alpha value is -1.86. The average Bonchev–Trinajstić information content (AvgIpc) is 2.60. The van der Waals surface area contributed by atoms with Crippen molar-refractivity contribution in [2.24, 2.45) is 11.3 Å². The summed E-state index contributed by atoms with van der Waals surface area (Å²) >= 11 is 0. The molecule has 0 unspecified atom stereocenters. The van der Waals surface area contributed by atoms with Gasteiger partial charge in [0.1, 0.15) is 6.10 Å². The Labute approximate surface area is 168 Å². The van der Waals surface area contributed by atoms with Crippen molar-refractivity contribution in [1.29, 1.82) is 0 Å². The molecular formula is C21H32O6Si. The molecule has 0 aromatic heterocycles. The van der Waals surface area contributed by atoms with Crippen molar-refractivity contribution < 1.29 is 29.1 Å². The zero-order valence-corrected chi connectivity index (χ0v) is 18.7. The number of carbonyl (C=O) groups excluding carboxylic acids is 2. The summed E-state index contributed by atoms with van der Waals surface area (Å²) in [6, 6.07) is 7.16. The van der Waals surface area contributed by atoms with Gasteiger partial charge in [-0.3, -0.25) is 4.89 Å². The van der Waals surface area contributed by atoms with Gasteiger partial charge in [0, 0.05) is 0 Å². The van der Waals surface area contributed by atoms with Gasteiger partial charge in [-0.2, -0.15) is 0 Å². The molecule has 2 rings (SSSR count). The molecule has 1 aliphatic rings. The van der Waals surface area contributed by atoms with Gasteiger partial charge < -0.3 is 4.74 Å². The summed E-state index contributed by atoms with van der Waals surface area (Å²) in [6.07, 6.45) is 2.40. The van der Waals surface area contributed by atoms with E-state index in [1.807, 2.05) is 12.1 Å². The molecule has 1 aromatic rings. The largest absolute Gasteiger partial charge is 0.543 e. The maximum absolute atomic E-state index is 11.9. The summed E-state index contributed by atoms with van der Waals surface area (Å²) in [7, 11) is -1.44. The lowest BCUT2D eigenvalue weighted by atomic mass is 9.72. The van der Waals surface area contributed by atoms with E-state index in [9.17, 15) is 9.59 Å². The third kappa shape index (κ3) is 6.63. The second-order valence-electron chi connectivity index (χ2n) is 9.56. The molecule has 156 valence electrons. The van der Waals surface area contributed by atoms with Crippen LogP contribution in [0.1, 0.15) is 56.8 Å². The van der Waals surface area contributed by atoms with Gasteiger partial charge in [0.2, 0.25) is 0 Å². The van der Waals surface area contributed by atoms with Crippen LogP contribution in [0.3, 0.4) is 0 Å². The van der Waals surface area contributed by atoms with Crippen LogP contribution in [0.5, 0.6) is 0 Å². The Kier molecular flexibility index (Phi) is 7.28. The Bertz CT molecular complexity index is 664. The van der Waals surface area contributed by atoms with E-state index < -0.39 is 20.2 Å². The molecule has 1 aliphatic carbocycles. The number of rotatable bonds is 5. The molecule has 1 fully saturated rings. The minimum Gasteiger partial charge on any atom is -0.429 e. The second kappa shape index (κ2) is 9.09. The van der Waals surface area contributed by atoms with E-state index in [0.29, 0.717) is 11.5 Å². The fraction of sp³-hybridized carbons (Fsp3) is 0.619. The van der Waals surface area contributed by atoms with Crippen molar-refractivity contribution in [2.45, 2.75) is 72.2 Å². The van der Waals surface area contributed by atoms with Gasteiger partial charge in [-0.15, -0.1) is 0 Å². The molecule has 0 bridgehead atoms. The van der Waals surface area contributed by atoms with Crippen LogP contribution in [0.15, 0.2) is 24.3 Å². The number of hydrogen-bond acceptors (Lipinski definition) is 6. The summed E-state index contributed by atoms with van der Waals surface area (Å²) < 4.78 is 5.22. The molecule has 0 amide bonds. The molecular weight excluding hydrogens is 376 g/mol. The normalized spacial score (nSPS) is 20.4. The van der Waals surface area contributed by atoms with Crippen molar-refractivity contribution in [3.63, 3.8) is 0 Å². The monoisotopic (exact) mass is 408 g/mol. The summed E-state index contributed by atoms with van der Waals surface area (Å²) in [5.41, 5.74) is 0.579. The molecule has 0 radical (unpaired) electrons.